The zero-order valence-electron chi connectivity index (χ0n) is 22.1. The highest BCUT2D eigenvalue weighted by molar-refractivity contribution is 6.20. The molecule has 1 aliphatic carbocycles. The molecular weight excluding hydrogens is 520 g/mol. The molecule has 6 rings (SSSR count). The van der Waals surface area contributed by atoms with Crippen LogP contribution in [0.2, 0.25) is 0 Å². The van der Waals surface area contributed by atoms with Gasteiger partial charge in [-0.1, -0.05) is 96.1 Å². The van der Waals surface area contributed by atoms with Crippen molar-refractivity contribution < 1.29 is 28.8 Å². The molecule has 1 heterocycles. The van der Waals surface area contributed by atoms with Crippen LogP contribution >= 0.6 is 0 Å². The van der Waals surface area contributed by atoms with E-state index in [1.165, 1.54) is 17.0 Å². The molecule has 41 heavy (non-hydrogen) atoms. The highest BCUT2D eigenvalue weighted by atomic mass is 16.7. The molecule has 0 bridgehead atoms. The largest absolute Gasteiger partial charge is 0.448 e. The van der Waals surface area contributed by atoms with E-state index in [1.807, 2.05) is 66.7 Å². The van der Waals surface area contributed by atoms with Gasteiger partial charge in [-0.05, 0) is 46.4 Å². The van der Waals surface area contributed by atoms with Gasteiger partial charge in [0.15, 0.2) is 0 Å². The van der Waals surface area contributed by atoms with E-state index in [4.69, 9.17) is 9.57 Å². The van der Waals surface area contributed by atoms with Gasteiger partial charge in [0.1, 0.15) is 13.2 Å². The molecule has 0 unspecified atom stereocenters. The van der Waals surface area contributed by atoms with Gasteiger partial charge < -0.3 is 9.57 Å². The fourth-order valence-corrected chi connectivity index (χ4v) is 5.37. The molecule has 0 atom stereocenters. The zero-order valence-corrected chi connectivity index (χ0v) is 22.1. The molecule has 0 fully saturated rings. The Bertz CT molecular complexity index is 1570. The Kier molecular flexibility index (Phi) is 7.04. The first-order chi connectivity index (χ1) is 20.0. The van der Waals surface area contributed by atoms with Crippen LogP contribution in [0.15, 0.2) is 103 Å². The van der Waals surface area contributed by atoms with Crippen molar-refractivity contribution in [1.29, 1.82) is 0 Å². The Morgan fingerprint density at radius 1 is 0.683 bits per heavy atom. The fourth-order valence-electron chi connectivity index (χ4n) is 5.37. The SMILES string of the molecule is O=C(CN(CCc1ccccc1)C(=O)OCC1c2ccccc2-c2ccccc21)ON1C(=O)c2ccccc2C1=O. The zero-order chi connectivity index (χ0) is 28.3. The highest BCUT2D eigenvalue weighted by Crippen LogP contribution is 2.44. The smallest absolute Gasteiger partial charge is 0.410 e. The molecule has 4 aromatic carbocycles. The van der Waals surface area contributed by atoms with E-state index in [2.05, 4.69) is 12.1 Å². The summed E-state index contributed by atoms with van der Waals surface area (Å²) < 4.78 is 5.79. The second kappa shape index (κ2) is 11.1. The number of fused-ring (bicyclic) bond motifs is 4. The summed E-state index contributed by atoms with van der Waals surface area (Å²) in [6.07, 6.45) is -0.229. The Hall–Kier alpha value is -5.24. The second-order valence-corrected chi connectivity index (χ2v) is 9.87. The van der Waals surface area contributed by atoms with E-state index in [0.717, 1.165) is 27.8 Å². The molecule has 0 radical (unpaired) electrons. The van der Waals surface area contributed by atoms with Crippen LogP contribution in [0.25, 0.3) is 11.1 Å². The summed E-state index contributed by atoms with van der Waals surface area (Å²) in [4.78, 5) is 58.0. The fraction of sp³-hybridized carbons (Fsp3) is 0.152. The first kappa shape index (κ1) is 26.0. The van der Waals surface area contributed by atoms with E-state index in [0.29, 0.717) is 11.5 Å². The maximum absolute atomic E-state index is 13.4. The van der Waals surface area contributed by atoms with Gasteiger partial charge >= 0.3 is 12.1 Å². The third-order valence-corrected chi connectivity index (χ3v) is 7.38. The van der Waals surface area contributed by atoms with Gasteiger partial charge in [-0.15, -0.1) is 0 Å². The van der Waals surface area contributed by atoms with Crippen LogP contribution in [0.3, 0.4) is 0 Å². The van der Waals surface area contributed by atoms with Crippen LogP contribution in [0.4, 0.5) is 4.79 Å². The summed E-state index contributed by atoms with van der Waals surface area (Å²) in [5.41, 5.74) is 5.64. The quantitative estimate of drug-likeness (QED) is 0.281. The number of imide groups is 1. The molecule has 4 aromatic rings. The van der Waals surface area contributed by atoms with E-state index < -0.39 is 30.4 Å². The maximum Gasteiger partial charge on any atom is 0.410 e. The first-order valence-corrected chi connectivity index (χ1v) is 13.3. The van der Waals surface area contributed by atoms with E-state index >= 15 is 0 Å². The Morgan fingerprint density at radius 2 is 1.20 bits per heavy atom. The minimum Gasteiger partial charge on any atom is -0.448 e. The molecule has 0 saturated carbocycles. The van der Waals surface area contributed by atoms with E-state index in [-0.39, 0.29) is 30.2 Å². The van der Waals surface area contributed by atoms with Crippen molar-refractivity contribution in [2.75, 3.05) is 19.7 Å². The van der Waals surface area contributed by atoms with Crippen LogP contribution in [0.5, 0.6) is 0 Å². The lowest BCUT2D eigenvalue weighted by molar-refractivity contribution is -0.169. The summed E-state index contributed by atoms with van der Waals surface area (Å²) in [6.45, 7) is -0.253. The molecule has 0 saturated heterocycles. The van der Waals surface area contributed by atoms with Crippen molar-refractivity contribution in [3.05, 3.63) is 131 Å². The summed E-state index contributed by atoms with van der Waals surface area (Å²) in [7, 11) is 0. The number of ether oxygens (including phenoxy) is 1. The minimum absolute atomic E-state index is 0.0855. The number of nitrogens with zero attached hydrogens (tertiary/aromatic N) is 2. The Labute approximate surface area is 236 Å². The lowest BCUT2D eigenvalue weighted by Gasteiger charge is -2.23. The normalized spacial score (nSPS) is 13.4. The summed E-state index contributed by atoms with van der Waals surface area (Å²) in [5, 5.41) is 0.445. The van der Waals surface area contributed by atoms with Gasteiger partial charge in [0.05, 0.1) is 11.1 Å². The monoisotopic (exact) mass is 546 g/mol. The predicted molar refractivity (Wildman–Crippen MR) is 150 cm³/mol. The topological polar surface area (TPSA) is 93.2 Å². The van der Waals surface area contributed by atoms with E-state index in [9.17, 15) is 19.2 Å². The van der Waals surface area contributed by atoms with Gasteiger partial charge in [-0.2, -0.15) is 0 Å². The van der Waals surface area contributed by atoms with Gasteiger partial charge in [0, 0.05) is 12.5 Å². The van der Waals surface area contributed by atoms with Crippen LogP contribution in [0, 0.1) is 0 Å². The second-order valence-electron chi connectivity index (χ2n) is 9.87. The van der Waals surface area contributed by atoms with Crippen molar-refractivity contribution >= 4 is 23.9 Å². The molecule has 8 nitrogen and oxygen atoms in total. The molecule has 204 valence electrons. The molecule has 2 aliphatic rings. The van der Waals surface area contributed by atoms with Crippen molar-refractivity contribution in [1.82, 2.24) is 9.96 Å². The van der Waals surface area contributed by atoms with Crippen molar-refractivity contribution in [2.24, 2.45) is 0 Å². The van der Waals surface area contributed by atoms with Crippen LogP contribution in [0.1, 0.15) is 43.3 Å². The predicted octanol–water partition coefficient (Wildman–Crippen LogP) is 5.23. The minimum atomic E-state index is -0.930. The lowest BCUT2D eigenvalue weighted by atomic mass is 9.98. The standard InChI is InChI=1S/C33H26N2O6/c36-30(41-35-31(37)27-16-8-9-17-28(27)32(35)38)20-34(19-18-22-10-2-1-3-11-22)33(39)40-21-29-25-14-6-4-12-23(25)24-13-5-7-15-26(24)29/h1-17,29H,18-21H2. The number of hydrogen-bond donors (Lipinski definition) is 0. The summed E-state index contributed by atoms with van der Waals surface area (Å²) in [6, 6.07) is 31.8. The number of hydroxylamine groups is 2. The van der Waals surface area contributed by atoms with E-state index in [1.54, 1.807) is 12.1 Å². The van der Waals surface area contributed by atoms with Crippen LogP contribution in [-0.2, 0) is 20.8 Å². The molecule has 8 heteroatoms. The summed E-state index contributed by atoms with van der Waals surface area (Å²) >= 11 is 0. The third kappa shape index (κ3) is 5.07. The third-order valence-electron chi connectivity index (χ3n) is 7.38. The Balaban J connectivity index is 1.16. The molecule has 0 N–H and O–H groups in total. The molecule has 0 aromatic heterocycles. The Morgan fingerprint density at radius 3 is 1.78 bits per heavy atom. The number of benzene rings is 4. The van der Waals surface area contributed by atoms with Crippen molar-refractivity contribution in [3.8, 4) is 11.1 Å². The number of carbonyl (C=O) groups excluding carboxylic acids is 4. The average molecular weight is 547 g/mol. The molecule has 3 amide bonds. The van der Waals surface area contributed by atoms with Gasteiger partial charge in [-0.25, -0.2) is 9.59 Å². The van der Waals surface area contributed by atoms with Crippen molar-refractivity contribution in [3.63, 3.8) is 0 Å². The van der Waals surface area contributed by atoms with Gasteiger partial charge in [-0.3, -0.25) is 14.5 Å². The molecule has 0 spiro atoms. The summed E-state index contributed by atoms with van der Waals surface area (Å²) in [5.74, 6) is -2.53. The van der Waals surface area contributed by atoms with Crippen LogP contribution < -0.4 is 0 Å². The molecular formula is C33H26N2O6. The first-order valence-electron chi connectivity index (χ1n) is 13.3. The number of carbonyl (C=O) groups is 4. The van der Waals surface area contributed by atoms with Gasteiger partial charge in [0.2, 0.25) is 0 Å². The van der Waals surface area contributed by atoms with Gasteiger partial charge in [0.25, 0.3) is 11.8 Å². The maximum atomic E-state index is 13.4. The number of rotatable bonds is 8. The van der Waals surface area contributed by atoms with Crippen LogP contribution in [-0.4, -0.2) is 53.5 Å². The average Bonchev–Trinajstić information content (AvgIpc) is 3.45. The number of hydrogen-bond acceptors (Lipinski definition) is 6. The van der Waals surface area contributed by atoms with Crippen molar-refractivity contribution in [2.45, 2.75) is 12.3 Å². The number of amides is 3. The molecule has 1 aliphatic heterocycles. The lowest BCUT2D eigenvalue weighted by Crippen LogP contribution is -2.42. The highest BCUT2D eigenvalue weighted by Gasteiger charge is 2.39.